The van der Waals surface area contributed by atoms with Gasteiger partial charge < -0.3 is 15.5 Å². The summed E-state index contributed by atoms with van der Waals surface area (Å²) in [5.74, 6) is 0.0494. The number of nitrogens with one attached hydrogen (secondary N) is 2. The van der Waals surface area contributed by atoms with Crippen LogP contribution < -0.4 is 15.5 Å². The molecule has 1 aromatic rings. The van der Waals surface area contributed by atoms with E-state index in [1.165, 1.54) is 11.3 Å². The third kappa shape index (κ3) is 2.31. The molecule has 106 valence electrons. The molecule has 0 spiro atoms. The topological polar surface area (TPSA) is 44.4 Å². The molecule has 2 aliphatic heterocycles. The summed E-state index contributed by atoms with van der Waals surface area (Å²) < 4.78 is 0. The number of carbonyl (C=O) groups is 1. The monoisotopic (exact) mass is 271 g/mol. The van der Waals surface area contributed by atoms with Crippen LogP contribution in [0.15, 0.2) is 29.8 Å². The molecule has 2 aliphatic rings. The predicted octanol–water partition coefficient (Wildman–Crippen LogP) is 2.45. The molecule has 0 radical (unpaired) electrons. The largest absolute Gasteiger partial charge is 0.367 e. The number of hydrogen-bond donors (Lipinski definition) is 2. The highest BCUT2D eigenvalue weighted by Gasteiger charge is 2.30. The van der Waals surface area contributed by atoms with Crippen LogP contribution in [0.4, 0.5) is 11.4 Å². The highest BCUT2D eigenvalue weighted by molar-refractivity contribution is 6.03. The second-order valence-electron chi connectivity index (χ2n) is 5.50. The molecular weight excluding hydrogens is 250 g/mol. The van der Waals surface area contributed by atoms with Gasteiger partial charge in [-0.1, -0.05) is 24.6 Å². The molecule has 4 heteroatoms. The zero-order chi connectivity index (χ0) is 14.1. The van der Waals surface area contributed by atoms with Crippen LogP contribution in [0, 0.1) is 0 Å². The summed E-state index contributed by atoms with van der Waals surface area (Å²) in [6.45, 7) is 6.99. The van der Waals surface area contributed by atoms with Crippen molar-refractivity contribution in [1.29, 1.82) is 0 Å². The lowest BCUT2D eigenvalue weighted by atomic mass is 10.1. The lowest BCUT2D eigenvalue weighted by Crippen LogP contribution is -2.28. The van der Waals surface area contributed by atoms with E-state index >= 15 is 0 Å². The Bertz CT molecular complexity index is 565. The Balaban J connectivity index is 1.84. The number of carbonyl (C=O) groups excluding carboxylic acids is 1. The van der Waals surface area contributed by atoms with Gasteiger partial charge in [-0.3, -0.25) is 4.79 Å². The van der Waals surface area contributed by atoms with Crippen LogP contribution in [0.1, 0.15) is 31.9 Å². The zero-order valence-corrected chi connectivity index (χ0v) is 12.1. The van der Waals surface area contributed by atoms with Crippen molar-refractivity contribution in [3.63, 3.8) is 0 Å². The van der Waals surface area contributed by atoms with Crippen LogP contribution in [0.3, 0.4) is 0 Å². The highest BCUT2D eigenvalue weighted by Crippen LogP contribution is 2.34. The average Bonchev–Trinajstić information content (AvgIpc) is 2.76. The molecule has 2 heterocycles. The maximum absolute atomic E-state index is 12.0. The number of rotatable bonds is 3. The molecule has 3 rings (SSSR count). The van der Waals surface area contributed by atoms with E-state index in [2.05, 4.69) is 46.7 Å². The summed E-state index contributed by atoms with van der Waals surface area (Å²) in [6.07, 6.45) is 3.39. The minimum atomic E-state index is -0.201. The van der Waals surface area contributed by atoms with E-state index in [1.807, 2.05) is 6.92 Å². The van der Waals surface area contributed by atoms with E-state index in [4.69, 9.17) is 0 Å². The zero-order valence-electron chi connectivity index (χ0n) is 12.1. The Labute approximate surface area is 119 Å². The predicted molar refractivity (Wildman–Crippen MR) is 82.1 cm³/mol. The molecule has 1 unspecified atom stereocenters. The van der Waals surface area contributed by atoms with Crippen LogP contribution in [0.25, 0.3) is 0 Å². The van der Waals surface area contributed by atoms with E-state index in [0.717, 1.165) is 37.3 Å². The fraction of sp³-hybridized carbons (Fsp3) is 0.438. The van der Waals surface area contributed by atoms with E-state index in [9.17, 15) is 4.79 Å². The lowest BCUT2D eigenvalue weighted by Gasteiger charge is -2.28. The van der Waals surface area contributed by atoms with Crippen molar-refractivity contribution in [1.82, 2.24) is 5.32 Å². The third-order valence-corrected chi connectivity index (χ3v) is 4.08. The van der Waals surface area contributed by atoms with Crippen LogP contribution in [-0.2, 0) is 4.79 Å². The number of likely N-dealkylation sites (N-methyl/N-ethyl adjacent to an activating group) is 1. The summed E-state index contributed by atoms with van der Waals surface area (Å²) in [5, 5.41) is 6.20. The number of fused-ring (bicyclic) bond motifs is 1. The van der Waals surface area contributed by atoms with Gasteiger partial charge in [-0.15, -0.1) is 0 Å². The molecule has 1 amide bonds. The summed E-state index contributed by atoms with van der Waals surface area (Å²) in [7, 11) is 0. The van der Waals surface area contributed by atoms with Gasteiger partial charge in [0.2, 0.25) is 5.91 Å². The molecule has 0 aliphatic carbocycles. The number of anilines is 2. The molecule has 0 aromatic heterocycles. The summed E-state index contributed by atoms with van der Waals surface area (Å²) in [4.78, 5) is 14.3. The Morgan fingerprint density at radius 3 is 3.00 bits per heavy atom. The summed E-state index contributed by atoms with van der Waals surface area (Å²) in [6, 6.07) is 6.09. The van der Waals surface area contributed by atoms with Gasteiger partial charge >= 0.3 is 0 Å². The maximum Gasteiger partial charge on any atom is 0.246 e. The van der Waals surface area contributed by atoms with Gasteiger partial charge in [0.25, 0.3) is 0 Å². The van der Waals surface area contributed by atoms with Crippen LogP contribution in [0.5, 0.6) is 0 Å². The fourth-order valence-electron chi connectivity index (χ4n) is 2.86. The molecule has 0 saturated heterocycles. The second kappa shape index (κ2) is 5.29. The van der Waals surface area contributed by atoms with Crippen LogP contribution >= 0.6 is 0 Å². The van der Waals surface area contributed by atoms with Crippen molar-refractivity contribution in [2.75, 3.05) is 29.9 Å². The third-order valence-electron chi connectivity index (χ3n) is 4.08. The first-order valence-electron chi connectivity index (χ1n) is 7.28. The molecule has 20 heavy (non-hydrogen) atoms. The van der Waals surface area contributed by atoms with Gasteiger partial charge in [-0.25, -0.2) is 0 Å². The normalized spacial score (nSPS) is 21.5. The van der Waals surface area contributed by atoms with Gasteiger partial charge in [0, 0.05) is 30.0 Å². The molecular formula is C16H21N3O. The molecule has 2 N–H and O–H groups in total. The Hall–Kier alpha value is -1.81. The van der Waals surface area contributed by atoms with E-state index in [-0.39, 0.29) is 11.9 Å². The standard InChI is InChI=1S/C16H21N3O/c1-3-17-15-13-5-4-12(10-14(13)18-16(15)20)19-8-6-11(2)7-9-19/h4-6,10,15,17H,3,7-9H2,1-2H3,(H,18,20). The van der Waals surface area contributed by atoms with E-state index in [0.29, 0.717) is 0 Å². The first-order valence-corrected chi connectivity index (χ1v) is 7.28. The number of nitrogens with zero attached hydrogens (tertiary/aromatic N) is 1. The van der Waals surface area contributed by atoms with Crippen molar-refractivity contribution >= 4 is 17.3 Å². The fourth-order valence-corrected chi connectivity index (χ4v) is 2.86. The molecule has 1 aromatic carbocycles. The first kappa shape index (κ1) is 13.2. The number of amides is 1. The second-order valence-corrected chi connectivity index (χ2v) is 5.50. The molecule has 0 bridgehead atoms. The van der Waals surface area contributed by atoms with Crippen LogP contribution in [-0.4, -0.2) is 25.5 Å². The van der Waals surface area contributed by atoms with Gasteiger partial charge in [-0.2, -0.15) is 0 Å². The Morgan fingerprint density at radius 1 is 1.45 bits per heavy atom. The summed E-state index contributed by atoms with van der Waals surface area (Å²) in [5.41, 5.74) is 4.65. The quantitative estimate of drug-likeness (QED) is 0.830. The SMILES string of the molecule is CCNC1C(=O)Nc2cc(N3CC=C(C)CC3)ccc21. The molecule has 1 atom stereocenters. The maximum atomic E-state index is 12.0. The van der Waals surface area contributed by atoms with Gasteiger partial charge in [0.05, 0.1) is 0 Å². The minimum absolute atomic E-state index is 0.0494. The number of benzene rings is 1. The van der Waals surface area contributed by atoms with E-state index < -0.39 is 0 Å². The van der Waals surface area contributed by atoms with Crippen molar-refractivity contribution in [2.24, 2.45) is 0 Å². The van der Waals surface area contributed by atoms with Crippen molar-refractivity contribution in [3.8, 4) is 0 Å². The molecule has 0 fully saturated rings. The average molecular weight is 271 g/mol. The van der Waals surface area contributed by atoms with E-state index in [1.54, 1.807) is 0 Å². The number of hydrogen-bond acceptors (Lipinski definition) is 3. The van der Waals surface area contributed by atoms with Crippen LogP contribution in [0.2, 0.25) is 0 Å². The Kier molecular flexibility index (Phi) is 3.49. The lowest BCUT2D eigenvalue weighted by molar-refractivity contribution is -0.117. The van der Waals surface area contributed by atoms with Crippen molar-refractivity contribution < 1.29 is 4.79 Å². The molecule has 4 nitrogen and oxygen atoms in total. The Morgan fingerprint density at radius 2 is 2.30 bits per heavy atom. The smallest absolute Gasteiger partial charge is 0.246 e. The highest BCUT2D eigenvalue weighted by atomic mass is 16.2. The van der Waals surface area contributed by atoms with Gasteiger partial charge in [-0.05, 0) is 32.0 Å². The van der Waals surface area contributed by atoms with Gasteiger partial charge in [0.15, 0.2) is 0 Å². The van der Waals surface area contributed by atoms with Crippen molar-refractivity contribution in [2.45, 2.75) is 26.3 Å². The first-order chi connectivity index (χ1) is 9.69. The molecule has 0 saturated carbocycles. The van der Waals surface area contributed by atoms with Crippen molar-refractivity contribution in [3.05, 3.63) is 35.4 Å². The minimum Gasteiger partial charge on any atom is -0.367 e. The van der Waals surface area contributed by atoms with Gasteiger partial charge in [0.1, 0.15) is 6.04 Å². The summed E-state index contributed by atoms with van der Waals surface area (Å²) >= 11 is 0.